The van der Waals surface area contributed by atoms with E-state index in [-0.39, 0.29) is 28.8 Å². The molecule has 35 heavy (non-hydrogen) atoms. The lowest BCUT2D eigenvalue weighted by atomic mass is 10.1. The van der Waals surface area contributed by atoms with Gasteiger partial charge in [-0.05, 0) is 64.8 Å². The Morgan fingerprint density at radius 3 is 2.54 bits per heavy atom. The molecule has 1 aliphatic heterocycles. The number of rotatable bonds is 7. The van der Waals surface area contributed by atoms with Crippen molar-refractivity contribution < 1.29 is 32.2 Å². The fourth-order valence-corrected chi connectivity index (χ4v) is 4.01. The van der Waals surface area contributed by atoms with Gasteiger partial charge in [0.05, 0.1) is 21.7 Å². The number of cyclic esters (lactones) is 1. The minimum absolute atomic E-state index is 0.0270. The normalized spacial score (nSPS) is 14.2. The molecule has 0 aliphatic carbocycles. The summed E-state index contributed by atoms with van der Waals surface area (Å²) in [6.07, 6.45) is 1.43. The molecule has 4 rings (SSSR count). The first-order valence-corrected chi connectivity index (χ1v) is 11.4. The van der Waals surface area contributed by atoms with E-state index in [0.717, 1.165) is 12.1 Å². The number of carbonyl (C=O) groups excluding carboxylic acids is 1. The van der Waals surface area contributed by atoms with Crippen molar-refractivity contribution in [2.24, 2.45) is 4.99 Å². The van der Waals surface area contributed by atoms with Crippen LogP contribution in [-0.2, 0) is 16.1 Å². The largest absolute Gasteiger partial charge is 0.490 e. The Balaban J connectivity index is 1.64. The Morgan fingerprint density at radius 1 is 1.06 bits per heavy atom. The summed E-state index contributed by atoms with van der Waals surface area (Å²) in [4.78, 5) is 16.4. The van der Waals surface area contributed by atoms with Crippen LogP contribution in [-0.4, -0.2) is 18.5 Å². The van der Waals surface area contributed by atoms with Crippen molar-refractivity contribution in [2.75, 3.05) is 6.61 Å². The van der Waals surface area contributed by atoms with E-state index in [2.05, 4.69) is 20.9 Å². The van der Waals surface area contributed by atoms with Crippen LogP contribution in [0.2, 0.25) is 5.02 Å². The summed E-state index contributed by atoms with van der Waals surface area (Å²) in [7, 11) is 0. The van der Waals surface area contributed by atoms with Crippen LogP contribution in [0.3, 0.4) is 0 Å². The summed E-state index contributed by atoms with van der Waals surface area (Å²) >= 11 is 9.38. The van der Waals surface area contributed by atoms with Crippen molar-refractivity contribution in [1.29, 1.82) is 0 Å². The SMILES string of the molecule is CCOc1cc(C=C2N=C(c3cc(F)c(F)cc3Cl)OC2=O)cc(Br)c1OCc1ccccc1F. The molecule has 0 radical (unpaired) electrons. The van der Waals surface area contributed by atoms with Gasteiger partial charge in [-0.25, -0.2) is 23.0 Å². The highest BCUT2D eigenvalue weighted by Gasteiger charge is 2.27. The zero-order valence-corrected chi connectivity index (χ0v) is 20.4. The van der Waals surface area contributed by atoms with Crippen LogP contribution in [0.4, 0.5) is 13.2 Å². The summed E-state index contributed by atoms with van der Waals surface area (Å²) < 4.78 is 58.1. The van der Waals surface area contributed by atoms with Gasteiger partial charge in [-0.2, -0.15) is 0 Å². The average Bonchev–Trinajstić information content (AvgIpc) is 3.16. The molecule has 0 saturated heterocycles. The van der Waals surface area contributed by atoms with Crippen LogP contribution in [0.25, 0.3) is 6.08 Å². The van der Waals surface area contributed by atoms with Crippen molar-refractivity contribution in [3.8, 4) is 11.5 Å². The molecular weight excluding hydrogens is 551 g/mol. The molecular formula is C25H16BrClF3NO4. The molecule has 5 nitrogen and oxygen atoms in total. The molecule has 0 N–H and O–H groups in total. The summed E-state index contributed by atoms with van der Waals surface area (Å²) in [5, 5.41) is -0.158. The van der Waals surface area contributed by atoms with Gasteiger partial charge in [0.15, 0.2) is 28.8 Å². The first-order valence-electron chi connectivity index (χ1n) is 10.3. The second kappa shape index (κ2) is 10.5. The third-order valence-electron chi connectivity index (χ3n) is 4.83. The maximum absolute atomic E-state index is 14.0. The Bertz CT molecular complexity index is 1380. The third kappa shape index (κ3) is 5.52. The van der Waals surface area contributed by atoms with E-state index in [4.69, 9.17) is 25.8 Å². The second-order valence-corrected chi connectivity index (χ2v) is 8.49. The van der Waals surface area contributed by atoms with E-state index in [1.807, 2.05) is 0 Å². The quantitative estimate of drug-likeness (QED) is 0.178. The summed E-state index contributed by atoms with van der Waals surface area (Å²) in [5.74, 6) is -3.03. The van der Waals surface area contributed by atoms with Crippen molar-refractivity contribution in [3.63, 3.8) is 0 Å². The molecule has 0 unspecified atom stereocenters. The van der Waals surface area contributed by atoms with Gasteiger partial charge in [0.2, 0.25) is 5.90 Å². The highest BCUT2D eigenvalue weighted by Crippen LogP contribution is 2.38. The lowest BCUT2D eigenvalue weighted by Crippen LogP contribution is -2.07. The number of aliphatic imine (C=N–C) groups is 1. The van der Waals surface area contributed by atoms with Gasteiger partial charge in [0.1, 0.15) is 12.4 Å². The predicted octanol–water partition coefficient (Wildman–Crippen LogP) is 6.84. The number of carbonyl (C=O) groups is 1. The van der Waals surface area contributed by atoms with Crippen molar-refractivity contribution in [2.45, 2.75) is 13.5 Å². The van der Waals surface area contributed by atoms with Crippen molar-refractivity contribution >= 4 is 45.5 Å². The molecule has 0 saturated carbocycles. The Morgan fingerprint density at radius 2 is 1.80 bits per heavy atom. The summed E-state index contributed by atoms with van der Waals surface area (Å²) in [6.45, 7) is 2.08. The molecule has 0 atom stereocenters. The first kappa shape index (κ1) is 24.8. The van der Waals surface area contributed by atoms with E-state index < -0.39 is 23.4 Å². The van der Waals surface area contributed by atoms with Gasteiger partial charge in [0.25, 0.3) is 0 Å². The summed E-state index contributed by atoms with van der Waals surface area (Å²) in [6, 6.07) is 11.1. The van der Waals surface area contributed by atoms with Gasteiger partial charge in [0, 0.05) is 5.56 Å². The van der Waals surface area contributed by atoms with Crippen LogP contribution < -0.4 is 9.47 Å². The number of halogens is 5. The number of benzene rings is 3. The molecule has 1 aliphatic rings. The summed E-state index contributed by atoms with van der Waals surface area (Å²) in [5.41, 5.74) is 0.733. The third-order valence-corrected chi connectivity index (χ3v) is 5.73. The van der Waals surface area contributed by atoms with Crippen molar-refractivity contribution in [3.05, 3.63) is 97.9 Å². The Kier molecular flexibility index (Phi) is 7.47. The van der Waals surface area contributed by atoms with Crippen LogP contribution in [0, 0.1) is 17.5 Å². The highest BCUT2D eigenvalue weighted by molar-refractivity contribution is 9.10. The maximum atomic E-state index is 14.0. The van der Waals surface area contributed by atoms with Crippen LogP contribution in [0.1, 0.15) is 23.6 Å². The van der Waals surface area contributed by atoms with Crippen LogP contribution >= 0.6 is 27.5 Å². The fraction of sp³-hybridized carbons (Fsp3) is 0.120. The smallest absolute Gasteiger partial charge is 0.363 e. The predicted molar refractivity (Wildman–Crippen MR) is 128 cm³/mol. The molecule has 0 spiro atoms. The number of ether oxygens (including phenoxy) is 3. The van der Waals surface area contributed by atoms with Gasteiger partial charge in [-0.3, -0.25) is 0 Å². The zero-order valence-electron chi connectivity index (χ0n) is 18.1. The molecule has 10 heteroatoms. The second-order valence-electron chi connectivity index (χ2n) is 7.23. The lowest BCUT2D eigenvalue weighted by molar-refractivity contribution is -0.129. The maximum Gasteiger partial charge on any atom is 0.363 e. The van der Waals surface area contributed by atoms with E-state index >= 15 is 0 Å². The highest BCUT2D eigenvalue weighted by atomic mass is 79.9. The number of nitrogens with zero attached hydrogens (tertiary/aromatic N) is 1. The Hall–Kier alpha value is -3.30. The van der Waals surface area contributed by atoms with Gasteiger partial charge >= 0.3 is 5.97 Å². The first-order chi connectivity index (χ1) is 16.8. The van der Waals surface area contributed by atoms with E-state index in [1.54, 1.807) is 37.3 Å². The Labute approximate surface area is 211 Å². The number of esters is 1. The molecule has 180 valence electrons. The van der Waals surface area contributed by atoms with Gasteiger partial charge in [-0.15, -0.1) is 0 Å². The van der Waals surface area contributed by atoms with Gasteiger partial charge in [-0.1, -0.05) is 29.8 Å². The van der Waals surface area contributed by atoms with Crippen molar-refractivity contribution in [1.82, 2.24) is 0 Å². The van der Waals surface area contributed by atoms with E-state index in [1.165, 1.54) is 12.1 Å². The van der Waals surface area contributed by atoms with Crippen LogP contribution in [0.5, 0.6) is 11.5 Å². The monoisotopic (exact) mass is 565 g/mol. The minimum atomic E-state index is -1.16. The molecule has 3 aromatic carbocycles. The molecule has 0 aromatic heterocycles. The molecule has 0 amide bonds. The minimum Gasteiger partial charge on any atom is -0.490 e. The average molecular weight is 567 g/mol. The van der Waals surface area contributed by atoms with Crippen LogP contribution in [0.15, 0.2) is 63.7 Å². The number of hydrogen-bond acceptors (Lipinski definition) is 5. The van der Waals surface area contributed by atoms with E-state index in [0.29, 0.717) is 33.7 Å². The lowest BCUT2D eigenvalue weighted by Gasteiger charge is -2.15. The standard InChI is InChI=1S/C25H16BrClF3NO4/c1-2-33-22-9-13(7-16(26)23(22)34-12-14-5-3-4-6-18(14)28)8-21-25(32)35-24(31-21)15-10-19(29)20(30)11-17(15)27/h3-11H,2,12H2,1H3. The molecule has 3 aromatic rings. The molecule has 0 fully saturated rings. The molecule has 1 heterocycles. The fourth-order valence-electron chi connectivity index (χ4n) is 3.21. The number of hydrogen-bond donors (Lipinski definition) is 0. The van der Waals surface area contributed by atoms with E-state index in [9.17, 15) is 18.0 Å². The van der Waals surface area contributed by atoms with Gasteiger partial charge < -0.3 is 14.2 Å². The molecule has 0 bridgehead atoms. The topological polar surface area (TPSA) is 57.1 Å². The zero-order chi connectivity index (χ0) is 25.1.